The smallest absolute Gasteiger partial charge is 0.130 e. The van der Waals surface area contributed by atoms with Gasteiger partial charge in [0.15, 0.2) is 0 Å². The maximum Gasteiger partial charge on any atom is 0.130 e. The van der Waals surface area contributed by atoms with Crippen LogP contribution >= 0.6 is 0 Å². The number of allylic oxidation sites excluding steroid dienone is 1. The van der Waals surface area contributed by atoms with Crippen molar-refractivity contribution in [2.24, 2.45) is 0 Å². The van der Waals surface area contributed by atoms with E-state index in [0.29, 0.717) is 5.92 Å². The van der Waals surface area contributed by atoms with Gasteiger partial charge in [0.1, 0.15) is 5.67 Å². The Kier molecular flexibility index (Phi) is 5.17. The number of alkyl halides is 1. The van der Waals surface area contributed by atoms with Crippen LogP contribution in [0.15, 0.2) is 78.4 Å². The number of fused-ring (bicyclic) bond motifs is 1. The Morgan fingerprint density at radius 2 is 1.59 bits per heavy atom. The molecule has 0 saturated carbocycles. The SMILES string of the molecule is CCC1=C(c2ccccc2)c2cc(C(C)(C)F)ccc2C1Cc1ccccc1C. The third-order valence-electron chi connectivity index (χ3n) is 6.25. The molecule has 0 fully saturated rings. The van der Waals surface area contributed by atoms with Gasteiger partial charge in [0.25, 0.3) is 0 Å². The van der Waals surface area contributed by atoms with Crippen LogP contribution in [0, 0.1) is 6.92 Å². The molecule has 3 aromatic rings. The molecule has 29 heavy (non-hydrogen) atoms. The number of benzene rings is 3. The molecule has 0 aliphatic heterocycles. The van der Waals surface area contributed by atoms with Crippen LogP contribution in [-0.2, 0) is 12.1 Å². The molecule has 0 N–H and O–H groups in total. The molecule has 148 valence electrons. The van der Waals surface area contributed by atoms with Crippen LogP contribution in [-0.4, -0.2) is 0 Å². The Hall–Kier alpha value is -2.67. The maximum absolute atomic E-state index is 14.8. The minimum atomic E-state index is -1.35. The average Bonchev–Trinajstić information content (AvgIpc) is 3.02. The van der Waals surface area contributed by atoms with Gasteiger partial charge in [0, 0.05) is 5.92 Å². The first-order chi connectivity index (χ1) is 13.9. The van der Waals surface area contributed by atoms with E-state index >= 15 is 0 Å². The van der Waals surface area contributed by atoms with Gasteiger partial charge >= 0.3 is 0 Å². The highest BCUT2D eigenvalue weighted by Gasteiger charge is 2.33. The average molecular weight is 385 g/mol. The van der Waals surface area contributed by atoms with Crippen LogP contribution in [0.5, 0.6) is 0 Å². The van der Waals surface area contributed by atoms with Crippen LogP contribution in [0.1, 0.15) is 66.5 Å². The lowest BCUT2D eigenvalue weighted by atomic mass is 9.86. The monoisotopic (exact) mass is 384 g/mol. The highest BCUT2D eigenvalue weighted by Crippen LogP contribution is 2.49. The topological polar surface area (TPSA) is 0 Å². The van der Waals surface area contributed by atoms with E-state index in [1.807, 2.05) is 6.07 Å². The first-order valence-electron chi connectivity index (χ1n) is 10.6. The minimum Gasteiger partial charge on any atom is -0.239 e. The third-order valence-corrected chi connectivity index (χ3v) is 6.25. The zero-order chi connectivity index (χ0) is 20.6. The zero-order valence-corrected chi connectivity index (χ0v) is 17.8. The normalized spacial score (nSPS) is 16.2. The van der Waals surface area contributed by atoms with Gasteiger partial charge in [-0.2, -0.15) is 0 Å². The van der Waals surface area contributed by atoms with Crippen molar-refractivity contribution < 1.29 is 4.39 Å². The summed E-state index contributed by atoms with van der Waals surface area (Å²) in [6, 6.07) is 25.5. The molecular formula is C28H29F. The summed E-state index contributed by atoms with van der Waals surface area (Å²) in [4.78, 5) is 0. The molecule has 4 rings (SSSR count). The number of hydrogen-bond donors (Lipinski definition) is 0. The fourth-order valence-electron chi connectivity index (χ4n) is 4.64. The van der Waals surface area contributed by atoms with Crippen molar-refractivity contribution in [3.8, 4) is 0 Å². The second kappa shape index (κ2) is 7.63. The lowest BCUT2D eigenvalue weighted by Gasteiger charge is -2.19. The van der Waals surface area contributed by atoms with Crippen LogP contribution in [0.25, 0.3) is 5.57 Å². The fraction of sp³-hybridized carbons (Fsp3) is 0.286. The van der Waals surface area contributed by atoms with Crippen molar-refractivity contribution in [3.05, 3.63) is 112 Å². The van der Waals surface area contributed by atoms with Crippen molar-refractivity contribution in [2.45, 2.75) is 52.1 Å². The number of hydrogen-bond acceptors (Lipinski definition) is 0. The molecule has 1 unspecified atom stereocenters. The molecule has 0 amide bonds. The summed E-state index contributed by atoms with van der Waals surface area (Å²) in [5, 5.41) is 0. The first-order valence-corrected chi connectivity index (χ1v) is 10.6. The summed E-state index contributed by atoms with van der Waals surface area (Å²) in [5.41, 5.74) is 8.64. The van der Waals surface area contributed by atoms with E-state index in [0.717, 1.165) is 18.4 Å². The van der Waals surface area contributed by atoms with Gasteiger partial charge in [-0.25, -0.2) is 4.39 Å². The lowest BCUT2D eigenvalue weighted by Crippen LogP contribution is -2.10. The predicted molar refractivity (Wildman–Crippen MR) is 121 cm³/mol. The standard InChI is InChI=1S/C28H29F/c1-5-23-25(17-21-14-10-9-11-19(21)2)24-16-15-22(28(3,4)29)18-26(24)27(23)20-12-7-6-8-13-20/h6-16,18,25H,5,17H2,1-4H3. The summed E-state index contributed by atoms with van der Waals surface area (Å²) >= 11 is 0. The third kappa shape index (κ3) is 3.67. The molecule has 0 spiro atoms. The van der Waals surface area contributed by atoms with E-state index in [1.165, 1.54) is 39.0 Å². The molecule has 1 heteroatoms. The summed E-state index contributed by atoms with van der Waals surface area (Å²) in [6.45, 7) is 7.71. The lowest BCUT2D eigenvalue weighted by molar-refractivity contribution is 0.221. The number of halogens is 1. The van der Waals surface area contributed by atoms with E-state index < -0.39 is 5.67 Å². The van der Waals surface area contributed by atoms with Gasteiger partial charge in [-0.1, -0.05) is 79.2 Å². The Balaban J connectivity index is 1.91. The highest BCUT2D eigenvalue weighted by molar-refractivity contribution is 5.89. The van der Waals surface area contributed by atoms with Gasteiger partial charge in [0.05, 0.1) is 0 Å². The van der Waals surface area contributed by atoms with Crippen molar-refractivity contribution in [1.29, 1.82) is 0 Å². The van der Waals surface area contributed by atoms with E-state index in [9.17, 15) is 4.39 Å². The van der Waals surface area contributed by atoms with Crippen molar-refractivity contribution in [3.63, 3.8) is 0 Å². The molecule has 0 nitrogen and oxygen atoms in total. The summed E-state index contributed by atoms with van der Waals surface area (Å²) in [7, 11) is 0. The minimum absolute atomic E-state index is 0.336. The molecule has 0 bridgehead atoms. The van der Waals surface area contributed by atoms with E-state index in [-0.39, 0.29) is 0 Å². The van der Waals surface area contributed by atoms with Gasteiger partial charge in [-0.15, -0.1) is 0 Å². The van der Waals surface area contributed by atoms with Gasteiger partial charge in [-0.3, -0.25) is 0 Å². The molecule has 1 atom stereocenters. The molecule has 1 aliphatic rings. The Morgan fingerprint density at radius 3 is 2.24 bits per heavy atom. The Morgan fingerprint density at radius 1 is 0.897 bits per heavy atom. The summed E-state index contributed by atoms with van der Waals surface area (Å²) in [6.07, 6.45) is 1.97. The van der Waals surface area contributed by atoms with E-state index in [2.05, 4.69) is 80.6 Å². The Bertz CT molecular complexity index is 1050. The van der Waals surface area contributed by atoms with Crippen LogP contribution < -0.4 is 0 Å². The molecule has 1 aliphatic carbocycles. The predicted octanol–water partition coefficient (Wildman–Crippen LogP) is 7.75. The van der Waals surface area contributed by atoms with Crippen molar-refractivity contribution in [2.75, 3.05) is 0 Å². The van der Waals surface area contributed by atoms with E-state index in [4.69, 9.17) is 0 Å². The molecular weight excluding hydrogens is 355 g/mol. The zero-order valence-electron chi connectivity index (χ0n) is 17.8. The maximum atomic E-state index is 14.8. The first kappa shape index (κ1) is 19.6. The van der Waals surface area contributed by atoms with Gasteiger partial charge in [0.2, 0.25) is 0 Å². The second-order valence-electron chi connectivity index (χ2n) is 8.58. The molecule has 0 saturated heterocycles. The van der Waals surface area contributed by atoms with Gasteiger partial charge < -0.3 is 0 Å². The van der Waals surface area contributed by atoms with Crippen LogP contribution in [0.4, 0.5) is 4.39 Å². The highest BCUT2D eigenvalue weighted by atomic mass is 19.1. The largest absolute Gasteiger partial charge is 0.239 e. The Labute approximate surface area is 174 Å². The van der Waals surface area contributed by atoms with Crippen molar-refractivity contribution in [1.82, 2.24) is 0 Å². The van der Waals surface area contributed by atoms with Crippen LogP contribution in [0.2, 0.25) is 0 Å². The van der Waals surface area contributed by atoms with Crippen molar-refractivity contribution >= 4 is 5.57 Å². The molecule has 0 aromatic heterocycles. The quantitative estimate of drug-likeness (QED) is 0.422. The summed E-state index contributed by atoms with van der Waals surface area (Å²) < 4.78 is 14.8. The van der Waals surface area contributed by atoms with Gasteiger partial charge in [-0.05, 0) is 78.6 Å². The number of rotatable bonds is 5. The molecule has 0 heterocycles. The van der Waals surface area contributed by atoms with E-state index in [1.54, 1.807) is 13.8 Å². The number of aryl methyl sites for hydroxylation is 1. The summed E-state index contributed by atoms with van der Waals surface area (Å²) in [5.74, 6) is 0.336. The molecule has 0 radical (unpaired) electrons. The second-order valence-corrected chi connectivity index (χ2v) is 8.58. The fourth-order valence-corrected chi connectivity index (χ4v) is 4.64. The molecule has 3 aromatic carbocycles. The van der Waals surface area contributed by atoms with Crippen LogP contribution in [0.3, 0.4) is 0 Å².